The SMILES string of the molecule is CNCCCCCCNC(=O)OCCN(CCO)CCC(=O)OCCO. The van der Waals surface area contributed by atoms with Crippen LogP contribution in [-0.2, 0) is 14.3 Å². The molecule has 0 rings (SSSR count). The minimum Gasteiger partial charge on any atom is -0.463 e. The number of nitrogens with one attached hydrogen (secondary N) is 2. The van der Waals surface area contributed by atoms with Crippen LogP contribution in [0.1, 0.15) is 32.1 Å². The molecule has 0 unspecified atom stereocenters. The Morgan fingerprint density at radius 1 is 0.885 bits per heavy atom. The van der Waals surface area contributed by atoms with Crippen LogP contribution in [0.3, 0.4) is 0 Å². The maximum absolute atomic E-state index is 11.6. The lowest BCUT2D eigenvalue weighted by atomic mass is 10.2. The molecule has 0 atom stereocenters. The summed E-state index contributed by atoms with van der Waals surface area (Å²) in [5.74, 6) is -0.407. The zero-order chi connectivity index (χ0) is 19.5. The van der Waals surface area contributed by atoms with Gasteiger partial charge in [0.05, 0.1) is 19.6 Å². The van der Waals surface area contributed by atoms with E-state index in [1.165, 1.54) is 0 Å². The zero-order valence-electron chi connectivity index (χ0n) is 15.9. The van der Waals surface area contributed by atoms with E-state index >= 15 is 0 Å². The average Bonchev–Trinajstić information content (AvgIpc) is 2.63. The highest BCUT2D eigenvalue weighted by molar-refractivity contribution is 5.69. The van der Waals surface area contributed by atoms with Crippen molar-refractivity contribution in [3.8, 4) is 0 Å². The number of hydrogen-bond acceptors (Lipinski definition) is 8. The summed E-state index contributed by atoms with van der Waals surface area (Å²) in [5.41, 5.74) is 0. The van der Waals surface area contributed by atoms with E-state index in [1.54, 1.807) is 0 Å². The summed E-state index contributed by atoms with van der Waals surface area (Å²) < 4.78 is 9.87. The molecule has 0 radical (unpaired) electrons. The molecule has 26 heavy (non-hydrogen) atoms. The van der Waals surface area contributed by atoms with Crippen LogP contribution in [0.15, 0.2) is 0 Å². The van der Waals surface area contributed by atoms with E-state index in [9.17, 15) is 9.59 Å². The Morgan fingerprint density at radius 2 is 1.62 bits per heavy atom. The van der Waals surface area contributed by atoms with Crippen molar-refractivity contribution >= 4 is 12.1 Å². The second kappa shape index (κ2) is 18.4. The number of esters is 1. The standard InChI is InChI=1S/C17H35N3O6/c1-18-7-4-2-3-5-8-19-17(24)26-14-11-20(10-12-21)9-6-16(23)25-15-13-22/h18,21-22H,2-15H2,1H3,(H,19,24). The molecule has 0 saturated heterocycles. The molecule has 0 aliphatic heterocycles. The maximum Gasteiger partial charge on any atom is 0.407 e. The van der Waals surface area contributed by atoms with Crippen LogP contribution in [-0.4, -0.2) is 93.4 Å². The van der Waals surface area contributed by atoms with Gasteiger partial charge in [0.1, 0.15) is 13.2 Å². The van der Waals surface area contributed by atoms with E-state index in [1.807, 2.05) is 11.9 Å². The topological polar surface area (TPSA) is 120 Å². The highest BCUT2D eigenvalue weighted by Crippen LogP contribution is 1.98. The van der Waals surface area contributed by atoms with Crippen LogP contribution in [0.25, 0.3) is 0 Å². The van der Waals surface area contributed by atoms with Crippen LogP contribution in [0.5, 0.6) is 0 Å². The third kappa shape index (κ3) is 16.1. The molecule has 154 valence electrons. The first-order valence-corrected chi connectivity index (χ1v) is 9.29. The summed E-state index contributed by atoms with van der Waals surface area (Å²) in [5, 5.41) is 23.5. The van der Waals surface area contributed by atoms with E-state index in [2.05, 4.69) is 10.6 Å². The van der Waals surface area contributed by atoms with Crippen molar-refractivity contribution in [3.05, 3.63) is 0 Å². The fraction of sp³-hybridized carbons (Fsp3) is 0.882. The Morgan fingerprint density at radius 3 is 2.27 bits per heavy atom. The normalized spacial score (nSPS) is 10.8. The Kier molecular flexibility index (Phi) is 17.4. The van der Waals surface area contributed by atoms with Gasteiger partial charge in [0.25, 0.3) is 0 Å². The van der Waals surface area contributed by atoms with Crippen molar-refractivity contribution in [1.29, 1.82) is 0 Å². The monoisotopic (exact) mass is 377 g/mol. The minimum atomic E-state index is -0.452. The lowest BCUT2D eigenvalue weighted by Crippen LogP contribution is -2.34. The predicted octanol–water partition coefficient (Wildman–Crippen LogP) is -0.288. The lowest BCUT2D eigenvalue weighted by molar-refractivity contribution is -0.145. The molecule has 0 aliphatic carbocycles. The molecule has 9 nitrogen and oxygen atoms in total. The number of amides is 1. The van der Waals surface area contributed by atoms with E-state index < -0.39 is 12.1 Å². The summed E-state index contributed by atoms with van der Waals surface area (Å²) in [7, 11) is 1.93. The number of aliphatic hydroxyl groups is 2. The molecule has 0 aliphatic rings. The first kappa shape index (κ1) is 24.6. The van der Waals surface area contributed by atoms with Crippen molar-refractivity contribution < 1.29 is 29.3 Å². The fourth-order valence-corrected chi connectivity index (χ4v) is 2.25. The van der Waals surface area contributed by atoms with E-state index in [0.29, 0.717) is 26.2 Å². The molecule has 1 amide bonds. The Hall–Kier alpha value is -1.42. The second-order valence-electron chi connectivity index (χ2n) is 5.84. The van der Waals surface area contributed by atoms with Gasteiger partial charge in [0.2, 0.25) is 0 Å². The quantitative estimate of drug-likeness (QED) is 0.202. The molecule has 0 saturated carbocycles. The molecule has 0 aromatic heterocycles. The average molecular weight is 377 g/mol. The third-order valence-electron chi connectivity index (χ3n) is 3.67. The van der Waals surface area contributed by atoms with Crippen molar-refractivity contribution in [1.82, 2.24) is 15.5 Å². The Balaban J connectivity index is 3.73. The Labute approximate surface area is 156 Å². The van der Waals surface area contributed by atoms with Gasteiger partial charge in [-0.15, -0.1) is 0 Å². The zero-order valence-corrected chi connectivity index (χ0v) is 15.9. The van der Waals surface area contributed by atoms with Crippen LogP contribution in [0, 0.1) is 0 Å². The minimum absolute atomic E-state index is 0.0163. The van der Waals surface area contributed by atoms with Crippen molar-refractivity contribution in [3.63, 3.8) is 0 Å². The molecule has 0 fully saturated rings. The highest BCUT2D eigenvalue weighted by Gasteiger charge is 2.10. The molecule has 0 aromatic rings. The maximum atomic E-state index is 11.6. The second-order valence-corrected chi connectivity index (χ2v) is 5.84. The number of alkyl carbamates (subject to hydrolysis) is 1. The Bertz CT molecular complexity index is 357. The van der Waals surface area contributed by atoms with Gasteiger partial charge in [-0.05, 0) is 26.4 Å². The van der Waals surface area contributed by atoms with Crippen molar-refractivity contribution in [2.75, 3.05) is 66.2 Å². The van der Waals surface area contributed by atoms with Gasteiger partial charge in [-0.1, -0.05) is 12.8 Å². The first-order chi connectivity index (χ1) is 12.6. The molecular weight excluding hydrogens is 342 g/mol. The molecule has 0 spiro atoms. The van der Waals surface area contributed by atoms with Gasteiger partial charge in [-0.2, -0.15) is 0 Å². The van der Waals surface area contributed by atoms with Crippen LogP contribution in [0.4, 0.5) is 4.79 Å². The molecular formula is C17H35N3O6. The molecule has 9 heteroatoms. The van der Waals surface area contributed by atoms with Gasteiger partial charge in [0, 0.05) is 26.2 Å². The lowest BCUT2D eigenvalue weighted by Gasteiger charge is -2.20. The molecule has 0 heterocycles. The molecule has 0 bridgehead atoms. The van der Waals surface area contributed by atoms with Gasteiger partial charge < -0.3 is 30.3 Å². The van der Waals surface area contributed by atoms with Gasteiger partial charge >= 0.3 is 12.1 Å². The highest BCUT2D eigenvalue weighted by atomic mass is 16.5. The van der Waals surface area contributed by atoms with Gasteiger partial charge in [-0.3, -0.25) is 9.69 Å². The number of ether oxygens (including phenoxy) is 2. The van der Waals surface area contributed by atoms with Crippen LogP contribution in [0.2, 0.25) is 0 Å². The number of rotatable bonds is 17. The van der Waals surface area contributed by atoms with E-state index in [4.69, 9.17) is 19.7 Å². The summed E-state index contributed by atoms with van der Waals surface area (Å²) in [4.78, 5) is 24.8. The molecule has 4 N–H and O–H groups in total. The first-order valence-electron chi connectivity index (χ1n) is 9.29. The number of unbranched alkanes of at least 4 members (excludes halogenated alkanes) is 3. The number of carbonyl (C=O) groups is 2. The third-order valence-corrected chi connectivity index (χ3v) is 3.67. The summed E-state index contributed by atoms with van der Waals surface area (Å²) in [6.45, 7) is 2.71. The number of nitrogens with zero attached hydrogens (tertiary/aromatic N) is 1. The van der Waals surface area contributed by atoms with Crippen molar-refractivity contribution in [2.24, 2.45) is 0 Å². The van der Waals surface area contributed by atoms with Crippen molar-refractivity contribution in [2.45, 2.75) is 32.1 Å². The summed E-state index contributed by atoms with van der Waals surface area (Å²) in [6.07, 6.45) is 3.96. The number of carbonyl (C=O) groups excluding carboxylic acids is 2. The summed E-state index contributed by atoms with van der Waals surface area (Å²) >= 11 is 0. The van der Waals surface area contributed by atoms with Gasteiger partial charge in [0.15, 0.2) is 0 Å². The predicted molar refractivity (Wildman–Crippen MR) is 97.9 cm³/mol. The number of aliphatic hydroxyl groups excluding tert-OH is 2. The van der Waals surface area contributed by atoms with Gasteiger partial charge in [-0.25, -0.2) is 4.79 Å². The van der Waals surface area contributed by atoms with Crippen LogP contribution >= 0.6 is 0 Å². The fourth-order valence-electron chi connectivity index (χ4n) is 2.25. The smallest absolute Gasteiger partial charge is 0.407 e. The van der Waals surface area contributed by atoms with E-state index in [0.717, 1.165) is 32.2 Å². The largest absolute Gasteiger partial charge is 0.463 e. The number of hydrogen-bond donors (Lipinski definition) is 4. The van der Waals surface area contributed by atoms with E-state index in [-0.39, 0.29) is 32.8 Å². The summed E-state index contributed by atoms with van der Waals surface area (Å²) in [6, 6.07) is 0. The van der Waals surface area contributed by atoms with Crippen LogP contribution < -0.4 is 10.6 Å². The molecule has 0 aromatic carbocycles.